The van der Waals surface area contributed by atoms with Crippen LogP contribution in [0.1, 0.15) is 43.3 Å². The Kier molecular flexibility index (Phi) is 5.96. The Morgan fingerprint density at radius 1 is 1.20 bits per heavy atom. The van der Waals surface area contributed by atoms with Crippen molar-refractivity contribution in [3.8, 4) is 6.07 Å². The Bertz CT molecular complexity index is 1020. The highest BCUT2D eigenvalue weighted by molar-refractivity contribution is 5.68. The van der Waals surface area contributed by atoms with Gasteiger partial charge in [0.15, 0.2) is 11.4 Å². The third kappa shape index (κ3) is 4.71. The van der Waals surface area contributed by atoms with Crippen LogP contribution in [0.25, 0.3) is 0 Å². The molecule has 2 aromatic rings. The van der Waals surface area contributed by atoms with Crippen LogP contribution in [0.4, 0.5) is 10.6 Å². The van der Waals surface area contributed by atoms with E-state index in [1.54, 1.807) is 27.7 Å². The molecule has 30 heavy (non-hydrogen) atoms. The third-order valence-electron chi connectivity index (χ3n) is 4.73. The number of fused-ring (bicyclic) bond motifs is 1. The van der Waals surface area contributed by atoms with Gasteiger partial charge in [0, 0.05) is 13.1 Å². The van der Waals surface area contributed by atoms with E-state index in [9.17, 15) is 14.9 Å². The third-order valence-corrected chi connectivity index (χ3v) is 4.73. The largest absolute Gasteiger partial charge is 0.443 e. The van der Waals surface area contributed by atoms with Gasteiger partial charge in [-0.1, -0.05) is 24.3 Å². The summed E-state index contributed by atoms with van der Waals surface area (Å²) in [4.78, 5) is 31.2. The van der Waals surface area contributed by atoms with Crippen molar-refractivity contribution < 1.29 is 9.53 Å². The molecule has 0 unspecified atom stereocenters. The Labute approximate surface area is 175 Å². The molecule has 1 aliphatic heterocycles. The van der Waals surface area contributed by atoms with E-state index in [1.165, 1.54) is 11.1 Å². The maximum Gasteiger partial charge on any atom is 0.427 e. The second kappa shape index (κ2) is 8.45. The molecule has 1 amide bonds. The Hall–Kier alpha value is -3.54. The van der Waals surface area contributed by atoms with Crippen molar-refractivity contribution >= 4 is 11.9 Å². The van der Waals surface area contributed by atoms with Crippen molar-refractivity contribution in [3.63, 3.8) is 0 Å². The molecule has 0 aliphatic carbocycles. The summed E-state index contributed by atoms with van der Waals surface area (Å²) < 4.78 is 6.16. The van der Waals surface area contributed by atoms with Crippen LogP contribution >= 0.6 is 0 Å². The minimum absolute atomic E-state index is 0.0787. The van der Waals surface area contributed by atoms with E-state index in [1.807, 2.05) is 23.1 Å². The van der Waals surface area contributed by atoms with Crippen LogP contribution in [0, 0.1) is 18.3 Å². The summed E-state index contributed by atoms with van der Waals surface area (Å²) in [6, 6.07) is 10.2. The molecular formula is C21H26N6O3. The highest BCUT2D eigenvalue weighted by Crippen LogP contribution is 2.21. The number of carbonyl (C=O) groups excluding carboxylic acids is 1. The average Bonchev–Trinajstić information content (AvgIpc) is 2.88. The topological polar surface area (TPSA) is 112 Å². The molecule has 158 valence electrons. The second-order valence-electron chi connectivity index (χ2n) is 8.10. The van der Waals surface area contributed by atoms with Crippen LogP contribution in [-0.2, 0) is 17.6 Å². The number of amides is 1. The Morgan fingerprint density at radius 3 is 2.33 bits per heavy atom. The highest BCUT2D eigenvalue weighted by atomic mass is 16.6. The minimum atomic E-state index is -0.748. The van der Waals surface area contributed by atoms with Gasteiger partial charge >= 0.3 is 6.09 Å². The number of nitrogens with one attached hydrogen (secondary N) is 2. The summed E-state index contributed by atoms with van der Waals surface area (Å²) in [5.41, 5.74) is 5.97. The first-order valence-electron chi connectivity index (χ1n) is 9.80. The fourth-order valence-electron chi connectivity index (χ4n) is 3.36. The first-order valence-corrected chi connectivity index (χ1v) is 9.80. The quantitative estimate of drug-likeness (QED) is 0.744. The summed E-state index contributed by atoms with van der Waals surface area (Å²) >= 11 is 0. The van der Waals surface area contributed by atoms with Gasteiger partial charge in [0.1, 0.15) is 17.5 Å². The fraction of sp³-hybridized carbons (Fsp3) is 0.429. The van der Waals surface area contributed by atoms with Crippen LogP contribution in [0.3, 0.4) is 0 Å². The van der Waals surface area contributed by atoms with Gasteiger partial charge in [0.2, 0.25) is 0 Å². The number of hydrogen-bond acceptors (Lipinski definition) is 7. The average molecular weight is 410 g/mol. The van der Waals surface area contributed by atoms with Gasteiger partial charge in [-0.15, -0.1) is 0 Å². The van der Waals surface area contributed by atoms with E-state index < -0.39 is 17.3 Å². The van der Waals surface area contributed by atoms with Gasteiger partial charge in [-0.2, -0.15) is 9.94 Å². The Balaban J connectivity index is 1.83. The van der Waals surface area contributed by atoms with Gasteiger partial charge in [-0.05, 0) is 51.7 Å². The van der Waals surface area contributed by atoms with Crippen molar-refractivity contribution in [2.45, 2.75) is 46.1 Å². The smallest absolute Gasteiger partial charge is 0.427 e. The molecule has 1 aromatic heterocycles. The van der Waals surface area contributed by atoms with E-state index >= 15 is 0 Å². The molecule has 3 rings (SSSR count). The van der Waals surface area contributed by atoms with E-state index in [4.69, 9.17) is 4.74 Å². The number of hydrazine groups is 1. The van der Waals surface area contributed by atoms with Crippen LogP contribution in [0.15, 0.2) is 29.1 Å². The first kappa shape index (κ1) is 21.2. The van der Waals surface area contributed by atoms with Crippen molar-refractivity contribution in [2.24, 2.45) is 0 Å². The zero-order valence-electron chi connectivity index (χ0n) is 17.7. The standard InChI is InChI=1S/C21H26N6O3/c1-14-23-18(26-11-9-15-7-5-6-8-16(15)10-12-26)17(13-22)19(28)27(14)25-24-20(29)30-21(2,3)4/h5-8,25H,9-12H2,1-4H3,(H,24,29). The Morgan fingerprint density at radius 2 is 1.80 bits per heavy atom. The van der Waals surface area contributed by atoms with Gasteiger partial charge < -0.3 is 9.64 Å². The summed E-state index contributed by atoms with van der Waals surface area (Å²) in [7, 11) is 0. The number of carbonyl (C=O) groups is 1. The second-order valence-corrected chi connectivity index (χ2v) is 8.10. The lowest BCUT2D eigenvalue weighted by atomic mass is 10.0. The number of nitrogens with zero attached hydrogens (tertiary/aromatic N) is 4. The maximum absolute atomic E-state index is 12.9. The predicted octanol–water partition coefficient (Wildman–Crippen LogP) is 2.01. The highest BCUT2D eigenvalue weighted by Gasteiger charge is 2.23. The van der Waals surface area contributed by atoms with Crippen LogP contribution in [-0.4, -0.2) is 34.4 Å². The molecule has 0 spiro atoms. The lowest BCUT2D eigenvalue weighted by molar-refractivity contribution is 0.0532. The summed E-state index contributed by atoms with van der Waals surface area (Å²) in [6.45, 7) is 8.13. The fourth-order valence-corrected chi connectivity index (χ4v) is 3.36. The number of nitriles is 1. The van der Waals surface area contributed by atoms with Crippen LogP contribution in [0.2, 0.25) is 0 Å². The molecular weight excluding hydrogens is 384 g/mol. The molecule has 0 saturated carbocycles. The number of ether oxygens (including phenoxy) is 1. The van der Waals surface area contributed by atoms with Crippen molar-refractivity contribution in [1.82, 2.24) is 15.1 Å². The predicted molar refractivity (Wildman–Crippen MR) is 113 cm³/mol. The van der Waals surface area contributed by atoms with E-state index in [-0.39, 0.29) is 5.56 Å². The number of anilines is 1. The summed E-state index contributed by atoms with van der Waals surface area (Å²) in [6.07, 6.45) is 0.869. The van der Waals surface area contributed by atoms with Gasteiger partial charge in [0.25, 0.3) is 5.56 Å². The number of aromatic nitrogens is 2. The normalized spacial score (nSPS) is 13.6. The molecule has 0 bridgehead atoms. The molecule has 0 radical (unpaired) electrons. The lowest BCUT2D eigenvalue weighted by Crippen LogP contribution is -2.46. The van der Waals surface area contributed by atoms with E-state index in [0.717, 1.165) is 17.5 Å². The van der Waals surface area contributed by atoms with Gasteiger partial charge in [0.05, 0.1) is 0 Å². The van der Waals surface area contributed by atoms with Crippen molar-refractivity contribution in [2.75, 3.05) is 23.5 Å². The summed E-state index contributed by atoms with van der Waals surface area (Å²) in [5.74, 6) is 0.676. The van der Waals surface area contributed by atoms with Crippen LogP contribution < -0.4 is 21.4 Å². The monoisotopic (exact) mass is 410 g/mol. The van der Waals surface area contributed by atoms with Crippen molar-refractivity contribution in [1.29, 1.82) is 5.26 Å². The molecule has 0 fully saturated rings. The number of hydrogen-bond donors (Lipinski definition) is 2. The maximum atomic E-state index is 12.9. The molecule has 1 aliphatic rings. The molecule has 2 N–H and O–H groups in total. The zero-order valence-corrected chi connectivity index (χ0v) is 17.7. The molecule has 1 aromatic carbocycles. The molecule has 9 heteroatoms. The molecule has 2 heterocycles. The van der Waals surface area contributed by atoms with Crippen LogP contribution in [0.5, 0.6) is 0 Å². The number of aryl methyl sites for hydroxylation is 1. The molecule has 9 nitrogen and oxygen atoms in total. The van der Waals surface area contributed by atoms with E-state index in [2.05, 4.69) is 28.1 Å². The minimum Gasteiger partial charge on any atom is -0.443 e. The molecule has 0 saturated heterocycles. The van der Waals surface area contributed by atoms with E-state index in [0.29, 0.717) is 24.7 Å². The van der Waals surface area contributed by atoms with Gasteiger partial charge in [-0.25, -0.2) is 20.7 Å². The zero-order chi connectivity index (χ0) is 21.9. The summed E-state index contributed by atoms with van der Waals surface area (Å²) in [5, 5.41) is 9.65. The number of rotatable bonds is 3. The first-order chi connectivity index (χ1) is 14.2. The molecule has 0 atom stereocenters. The van der Waals surface area contributed by atoms with Gasteiger partial charge in [-0.3, -0.25) is 4.79 Å². The lowest BCUT2D eigenvalue weighted by Gasteiger charge is -2.24. The SMILES string of the molecule is Cc1nc(N2CCc3ccccc3CC2)c(C#N)c(=O)n1NNC(=O)OC(C)(C)C. The number of benzene rings is 1. The van der Waals surface area contributed by atoms with Crippen molar-refractivity contribution in [3.05, 3.63) is 57.1 Å².